The number of hydrogen-bond acceptors (Lipinski definition) is 8. The number of carbonyl (C=O) groups excluding carboxylic acids is 2. The third kappa shape index (κ3) is 4.44. The molecule has 1 unspecified atom stereocenters. The van der Waals surface area contributed by atoms with E-state index in [0.29, 0.717) is 29.7 Å². The van der Waals surface area contributed by atoms with Crippen LogP contribution in [0, 0.1) is 43.4 Å². The maximum atomic E-state index is 13.5. The summed E-state index contributed by atoms with van der Waals surface area (Å²) in [6.07, 6.45) is -1.08. The maximum Gasteiger partial charge on any atom is 0.191 e. The summed E-state index contributed by atoms with van der Waals surface area (Å²) in [6.45, 7) is 17.3. The molecule has 37 heavy (non-hydrogen) atoms. The minimum absolute atomic E-state index is 0.0421. The van der Waals surface area contributed by atoms with Gasteiger partial charge in [-0.1, -0.05) is 55.4 Å². The van der Waals surface area contributed by atoms with Gasteiger partial charge in [0.2, 0.25) is 0 Å². The molecule has 2 N–H and O–H groups in total. The molecule has 10 atom stereocenters. The summed E-state index contributed by atoms with van der Waals surface area (Å²) in [5.41, 5.74) is 0.710. The molecule has 208 valence electrons. The van der Waals surface area contributed by atoms with Crippen LogP contribution in [0.15, 0.2) is 9.21 Å². The average Bonchev–Trinajstić information content (AvgIpc) is 2.88. The van der Waals surface area contributed by atoms with Crippen molar-refractivity contribution in [2.45, 2.75) is 112 Å². The lowest BCUT2D eigenvalue weighted by Crippen LogP contribution is -2.72. The summed E-state index contributed by atoms with van der Waals surface area (Å²) in [6, 6.07) is 0. The van der Waals surface area contributed by atoms with Crippen molar-refractivity contribution in [1.29, 1.82) is 0 Å². The molecule has 1 spiro atoms. The highest BCUT2D eigenvalue weighted by Crippen LogP contribution is 2.54. The minimum Gasteiger partial charge on any atom is -0.465 e. The second-order valence-corrected chi connectivity index (χ2v) is 11.3. The van der Waals surface area contributed by atoms with Crippen LogP contribution in [0.5, 0.6) is 0 Å². The van der Waals surface area contributed by atoms with Crippen molar-refractivity contribution in [1.82, 2.24) is 0 Å². The van der Waals surface area contributed by atoms with Crippen molar-refractivity contribution < 1.29 is 33.7 Å². The Morgan fingerprint density at radius 3 is 2.16 bits per heavy atom. The first-order chi connectivity index (χ1) is 17.1. The average molecular weight is 521 g/mol. The number of carbonyl (C=O) groups is 2. The fraction of sp³-hybridized carbons (Fsp3) is 0.759. The zero-order valence-corrected chi connectivity index (χ0v) is 23.9. The molecule has 3 rings (SSSR count). The predicted molar refractivity (Wildman–Crippen MR) is 138 cm³/mol. The van der Waals surface area contributed by atoms with Crippen molar-refractivity contribution >= 4 is 11.6 Å². The summed E-state index contributed by atoms with van der Waals surface area (Å²) in [7, 11) is 0. The van der Waals surface area contributed by atoms with Crippen molar-refractivity contribution in [3.05, 3.63) is 32.9 Å². The van der Waals surface area contributed by atoms with E-state index in [4.69, 9.17) is 13.9 Å². The van der Waals surface area contributed by atoms with Crippen LogP contribution in [0.2, 0.25) is 0 Å². The van der Waals surface area contributed by atoms with Gasteiger partial charge >= 0.3 is 0 Å². The molecule has 0 radical (unpaired) electrons. The van der Waals surface area contributed by atoms with Crippen molar-refractivity contribution in [2.75, 3.05) is 0 Å². The maximum absolute atomic E-state index is 13.5. The first-order valence-corrected chi connectivity index (χ1v) is 13.6. The molecule has 8 heteroatoms. The van der Waals surface area contributed by atoms with E-state index in [1.807, 2.05) is 6.92 Å². The van der Waals surface area contributed by atoms with Gasteiger partial charge in [0, 0.05) is 47.6 Å². The van der Waals surface area contributed by atoms with Crippen molar-refractivity contribution in [3.8, 4) is 0 Å². The van der Waals surface area contributed by atoms with Crippen LogP contribution >= 0.6 is 0 Å². The van der Waals surface area contributed by atoms with Crippen LogP contribution in [-0.2, 0) is 25.5 Å². The van der Waals surface area contributed by atoms with Gasteiger partial charge in [-0.2, -0.15) is 0 Å². The molecule has 0 saturated carbocycles. The summed E-state index contributed by atoms with van der Waals surface area (Å²) in [5.74, 6) is -7.45. The molecule has 2 aliphatic heterocycles. The number of ether oxygens (including phenoxy) is 2. The molecule has 0 aliphatic carbocycles. The monoisotopic (exact) mass is 520 g/mol. The number of aryl methyl sites for hydroxylation is 1. The molecule has 1 aromatic heterocycles. The molecule has 2 aliphatic rings. The van der Waals surface area contributed by atoms with Gasteiger partial charge in [0.05, 0.1) is 24.0 Å². The molecule has 3 heterocycles. The molecule has 0 amide bonds. The highest BCUT2D eigenvalue weighted by molar-refractivity contribution is 5.87. The van der Waals surface area contributed by atoms with Gasteiger partial charge in [0.15, 0.2) is 17.0 Å². The highest BCUT2D eigenvalue weighted by Gasteiger charge is 2.66. The Balaban J connectivity index is 2.16. The van der Waals surface area contributed by atoms with Gasteiger partial charge in [-0.15, -0.1) is 0 Å². The number of aliphatic hydroxyl groups excluding tert-OH is 1. The zero-order valence-electron chi connectivity index (χ0n) is 23.9. The fourth-order valence-corrected chi connectivity index (χ4v) is 6.41. The lowest BCUT2D eigenvalue weighted by atomic mass is 9.67. The van der Waals surface area contributed by atoms with Gasteiger partial charge in [0.25, 0.3) is 0 Å². The first kappa shape index (κ1) is 29.7. The Kier molecular flexibility index (Phi) is 8.31. The van der Waals surface area contributed by atoms with Crippen LogP contribution in [0.4, 0.5) is 0 Å². The topological polar surface area (TPSA) is 123 Å². The molecule has 8 nitrogen and oxygen atoms in total. The van der Waals surface area contributed by atoms with Crippen LogP contribution in [0.25, 0.3) is 0 Å². The standard InChI is InChI=1S/C29H44O8/c1-11-21(30)13(3)26-16(6)24(32)18(8)29(36-26)19(9)25(33)17(7)28(34,37-29)20(10)27-15(5)23(31)14(4)22(12-2)35-27/h13,16-20,25-26,33-34H,11-12H2,1-10H3/t13-,16-,17-,18-,19+,20?,25+,26+,28-,29-/m1/s1. The quantitative estimate of drug-likeness (QED) is 0.580. The Bertz CT molecular complexity index is 1100. The van der Waals surface area contributed by atoms with E-state index >= 15 is 0 Å². The van der Waals surface area contributed by atoms with E-state index in [0.717, 1.165) is 0 Å². The summed E-state index contributed by atoms with van der Waals surface area (Å²) >= 11 is 0. The van der Waals surface area contributed by atoms with E-state index in [1.54, 1.807) is 62.3 Å². The first-order valence-electron chi connectivity index (χ1n) is 13.6. The van der Waals surface area contributed by atoms with Crippen molar-refractivity contribution in [3.63, 3.8) is 0 Å². The lowest BCUT2D eigenvalue weighted by molar-refractivity contribution is -0.449. The highest BCUT2D eigenvalue weighted by atomic mass is 16.8. The second-order valence-electron chi connectivity index (χ2n) is 11.3. The zero-order chi connectivity index (χ0) is 28.2. The summed E-state index contributed by atoms with van der Waals surface area (Å²) < 4.78 is 19.2. The van der Waals surface area contributed by atoms with E-state index in [1.165, 1.54) is 0 Å². The van der Waals surface area contributed by atoms with E-state index in [9.17, 15) is 24.6 Å². The Labute approximate surface area is 219 Å². The second kappa shape index (κ2) is 10.4. The van der Waals surface area contributed by atoms with Gasteiger partial charge < -0.3 is 24.1 Å². The largest absolute Gasteiger partial charge is 0.465 e. The molecular formula is C29H44O8. The van der Waals surface area contributed by atoms with Gasteiger partial charge in [-0.3, -0.25) is 14.4 Å². The van der Waals surface area contributed by atoms with Gasteiger partial charge in [-0.05, 0) is 13.8 Å². The molecule has 0 aromatic carbocycles. The normalized spacial score (nSPS) is 38.0. The Morgan fingerprint density at radius 2 is 1.62 bits per heavy atom. The van der Waals surface area contributed by atoms with Crippen LogP contribution in [0.3, 0.4) is 0 Å². The Hall–Kier alpha value is -1.87. The van der Waals surface area contributed by atoms with E-state index in [2.05, 4.69) is 0 Å². The predicted octanol–water partition coefficient (Wildman–Crippen LogP) is 3.83. The number of ketones is 2. The van der Waals surface area contributed by atoms with E-state index < -0.39 is 59.3 Å². The molecule has 1 aromatic rings. The number of aliphatic hydroxyl groups is 2. The molecule has 2 fully saturated rings. The van der Waals surface area contributed by atoms with Crippen LogP contribution < -0.4 is 5.43 Å². The molecule has 2 saturated heterocycles. The smallest absolute Gasteiger partial charge is 0.191 e. The molecule has 0 bridgehead atoms. The lowest BCUT2D eigenvalue weighted by Gasteiger charge is -2.60. The third-order valence-electron chi connectivity index (χ3n) is 9.31. The van der Waals surface area contributed by atoms with Crippen LogP contribution in [0.1, 0.15) is 90.4 Å². The van der Waals surface area contributed by atoms with Gasteiger partial charge in [0.1, 0.15) is 23.1 Å². The number of hydrogen-bond donors (Lipinski definition) is 2. The van der Waals surface area contributed by atoms with Crippen LogP contribution in [-0.4, -0.2) is 45.6 Å². The molecular weight excluding hydrogens is 476 g/mol. The summed E-state index contributed by atoms with van der Waals surface area (Å²) in [4.78, 5) is 39.1. The SMILES string of the molecule is CCC(=O)[C@@H](C)[C@@H]1O[C@@]2(O[C@@](O)(C(C)c3oc(CC)c(C)c(=O)c3C)[C@H](C)[C@H](O)[C@@H]2C)[C@H](C)C(=O)[C@H]1C. The minimum atomic E-state index is -2.04. The van der Waals surface area contributed by atoms with Crippen molar-refractivity contribution in [2.24, 2.45) is 29.6 Å². The summed E-state index contributed by atoms with van der Waals surface area (Å²) in [5, 5.41) is 23.6. The fourth-order valence-electron chi connectivity index (χ4n) is 6.41. The Morgan fingerprint density at radius 1 is 1.03 bits per heavy atom. The third-order valence-corrected chi connectivity index (χ3v) is 9.31. The number of Topliss-reactive ketones (excluding diaryl/α,β-unsaturated/α-hetero) is 2. The number of rotatable bonds is 6. The van der Waals surface area contributed by atoms with Gasteiger partial charge in [-0.25, -0.2) is 0 Å². The van der Waals surface area contributed by atoms with E-state index in [-0.39, 0.29) is 22.8 Å².